The summed E-state index contributed by atoms with van der Waals surface area (Å²) in [4.78, 5) is 22.8. The maximum atomic E-state index is 13.2. The Morgan fingerprint density at radius 2 is 1.87 bits per heavy atom. The van der Waals surface area contributed by atoms with Crippen molar-refractivity contribution >= 4 is 22.5 Å². The molecule has 0 N–H and O–H groups in total. The highest BCUT2D eigenvalue weighted by Crippen LogP contribution is 2.26. The summed E-state index contributed by atoms with van der Waals surface area (Å²) < 4.78 is 6.90. The topological polar surface area (TPSA) is 86.7 Å². The smallest absolute Gasteiger partial charge is 0.279 e. The summed E-state index contributed by atoms with van der Waals surface area (Å²) in [7, 11) is 0. The molecular weight excluding hydrogens is 398 g/mol. The first-order chi connectivity index (χ1) is 14.7. The minimum Gasteiger partial charge on any atom is -0.332 e. The highest BCUT2D eigenvalue weighted by molar-refractivity contribution is 7.98. The van der Waals surface area contributed by atoms with E-state index in [1.807, 2.05) is 54.8 Å². The third-order valence-electron chi connectivity index (χ3n) is 4.65. The molecule has 2 aromatic carbocycles. The summed E-state index contributed by atoms with van der Waals surface area (Å²) in [6, 6.07) is 18.6. The molecule has 0 saturated carbocycles. The monoisotopic (exact) mass is 413 g/mol. The second-order valence-corrected chi connectivity index (χ2v) is 7.36. The van der Waals surface area contributed by atoms with Crippen LogP contribution in [0.3, 0.4) is 0 Å². The van der Waals surface area contributed by atoms with Gasteiger partial charge in [0.15, 0.2) is 5.69 Å². The molecule has 0 bridgehead atoms. The van der Waals surface area contributed by atoms with Crippen LogP contribution in [-0.2, 0) is 0 Å². The van der Waals surface area contributed by atoms with Crippen LogP contribution in [0.5, 0.6) is 0 Å². The number of hydrogen-bond acceptors (Lipinski definition) is 7. The van der Waals surface area contributed by atoms with Crippen LogP contribution in [0.4, 0.5) is 0 Å². The first-order valence-electron chi connectivity index (χ1n) is 9.15. The predicted molar refractivity (Wildman–Crippen MR) is 116 cm³/mol. The van der Waals surface area contributed by atoms with E-state index < -0.39 is 0 Å². The van der Waals surface area contributed by atoms with E-state index in [0.29, 0.717) is 28.0 Å². The van der Waals surface area contributed by atoms with Crippen molar-refractivity contribution in [1.82, 2.24) is 24.9 Å². The van der Waals surface area contributed by atoms with Gasteiger partial charge in [-0.3, -0.25) is 9.78 Å². The second kappa shape index (κ2) is 7.57. The van der Waals surface area contributed by atoms with E-state index in [9.17, 15) is 4.79 Å². The molecule has 0 amide bonds. The predicted octanol–water partition coefficient (Wildman–Crippen LogP) is 4.22. The fourth-order valence-electron chi connectivity index (χ4n) is 3.20. The van der Waals surface area contributed by atoms with Crippen molar-refractivity contribution in [3.63, 3.8) is 0 Å². The number of fused-ring (bicyclic) bond motifs is 1. The molecule has 8 heteroatoms. The largest absolute Gasteiger partial charge is 0.332 e. The summed E-state index contributed by atoms with van der Waals surface area (Å²) in [6.45, 7) is 0. The third kappa shape index (κ3) is 3.17. The first-order valence-corrected chi connectivity index (χ1v) is 10.4. The van der Waals surface area contributed by atoms with Gasteiger partial charge in [0.05, 0.1) is 11.1 Å². The van der Waals surface area contributed by atoms with E-state index in [1.54, 1.807) is 36.3 Å². The van der Waals surface area contributed by atoms with Crippen LogP contribution in [0.25, 0.3) is 39.4 Å². The maximum Gasteiger partial charge on any atom is 0.279 e. The maximum absolute atomic E-state index is 13.2. The molecule has 3 heterocycles. The average Bonchev–Trinajstić information content (AvgIpc) is 3.30. The zero-order chi connectivity index (χ0) is 20.5. The standard InChI is InChI=1S/C22H15N5O2S/c1-30-16-8-4-7-15(12-16)27-22(28)18-10-3-2-9-17(18)19(25-27)21-24-20(26-29-21)14-6-5-11-23-13-14/h2-13H,1H3. The number of hydrogen-bond donors (Lipinski definition) is 0. The lowest BCUT2D eigenvalue weighted by Gasteiger charge is -2.09. The van der Waals surface area contributed by atoms with Crippen molar-refractivity contribution in [1.29, 1.82) is 0 Å². The molecule has 0 spiro atoms. The van der Waals surface area contributed by atoms with Crippen molar-refractivity contribution in [2.45, 2.75) is 4.90 Å². The number of pyridine rings is 1. The zero-order valence-corrected chi connectivity index (χ0v) is 16.7. The Morgan fingerprint density at radius 3 is 2.67 bits per heavy atom. The van der Waals surface area contributed by atoms with Gasteiger partial charge in [-0.25, -0.2) is 0 Å². The van der Waals surface area contributed by atoms with Gasteiger partial charge in [0.25, 0.3) is 11.4 Å². The molecule has 0 aliphatic carbocycles. The van der Waals surface area contributed by atoms with Crippen molar-refractivity contribution in [2.75, 3.05) is 6.26 Å². The van der Waals surface area contributed by atoms with Gasteiger partial charge in [-0.15, -0.1) is 11.8 Å². The normalized spacial score (nSPS) is 11.1. The first kappa shape index (κ1) is 18.3. The number of nitrogens with zero attached hydrogens (tertiary/aromatic N) is 5. The Bertz CT molecular complexity index is 1410. The molecule has 0 radical (unpaired) electrons. The van der Waals surface area contributed by atoms with Gasteiger partial charge in [0.2, 0.25) is 5.82 Å². The van der Waals surface area contributed by atoms with Gasteiger partial charge in [-0.2, -0.15) is 14.8 Å². The van der Waals surface area contributed by atoms with Crippen LogP contribution >= 0.6 is 11.8 Å². The summed E-state index contributed by atoms with van der Waals surface area (Å²) >= 11 is 1.60. The van der Waals surface area contributed by atoms with Gasteiger partial charge in [-0.05, 0) is 42.7 Å². The fourth-order valence-corrected chi connectivity index (χ4v) is 3.65. The van der Waals surface area contributed by atoms with Crippen molar-refractivity contribution in [3.05, 3.63) is 83.4 Å². The summed E-state index contributed by atoms with van der Waals surface area (Å²) in [5, 5.41) is 9.85. The molecule has 146 valence electrons. The van der Waals surface area contributed by atoms with Crippen LogP contribution < -0.4 is 5.56 Å². The minimum atomic E-state index is -0.209. The molecule has 5 rings (SSSR count). The lowest BCUT2D eigenvalue weighted by atomic mass is 10.1. The Balaban J connectivity index is 1.73. The van der Waals surface area contributed by atoms with Gasteiger partial charge in [-0.1, -0.05) is 29.4 Å². The molecule has 3 aromatic heterocycles. The molecular formula is C22H15N5O2S. The Hall–Kier alpha value is -3.78. The van der Waals surface area contributed by atoms with Crippen LogP contribution in [0.15, 0.2) is 87.3 Å². The molecule has 0 aliphatic rings. The highest BCUT2D eigenvalue weighted by Gasteiger charge is 2.19. The van der Waals surface area contributed by atoms with Crippen molar-refractivity contribution < 1.29 is 4.52 Å². The minimum absolute atomic E-state index is 0.209. The Morgan fingerprint density at radius 1 is 1.00 bits per heavy atom. The molecule has 0 aliphatic heterocycles. The van der Waals surface area contributed by atoms with Crippen LogP contribution in [0.1, 0.15) is 0 Å². The van der Waals surface area contributed by atoms with E-state index in [0.717, 1.165) is 10.5 Å². The van der Waals surface area contributed by atoms with E-state index in [1.165, 1.54) is 4.68 Å². The van der Waals surface area contributed by atoms with Gasteiger partial charge in [0, 0.05) is 28.2 Å². The van der Waals surface area contributed by atoms with E-state index in [2.05, 4.69) is 20.2 Å². The summed E-state index contributed by atoms with van der Waals surface area (Å²) in [5.74, 6) is 0.644. The number of benzene rings is 2. The third-order valence-corrected chi connectivity index (χ3v) is 5.38. The van der Waals surface area contributed by atoms with Gasteiger partial charge >= 0.3 is 0 Å². The molecule has 0 unspecified atom stereocenters. The van der Waals surface area contributed by atoms with Gasteiger partial charge < -0.3 is 4.52 Å². The summed E-state index contributed by atoms with van der Waals surface area (Å²) in [5.41, 5.74) is 1.64. The Kier molecular flexibility index (Phi) is 4.61. The SMILES string of the molecule is CSc1cccc(-n2nc(-c3nc(-c4cccnc4)no3)c3ccccc3c2=O)c1. The van der Waals surface area contributed by atoms with E-state index in [-0.39, 0.29) is 11.4 Å². The lowest BCUT2D eigenvalue weighted by Crippen LogP contribution is -2.22. The van der Waals surface area contributed by atoms with Gasteiger partial charge in [0.1, 0.15) is 0 Å². The molecule has 5 aromatic rings. The number of thioether (sulfide) groups is 1. The summed E-state index contributed by atoms with van der Waals surface area (Å²) in [6.07, 6.45) is 5.33. The lowest BCUT2D eigenvalue weighted by molar-refractivity contribution is 0.430. The second-order valence-electron chi connectivity index (χ2n) is 6.48. The number of aromatic nitrogens is 5. The van der Waals surface area contributed by atoms with Crippen LogP contribution in [-0.4, -0.2) is 31.2 Å². The Labute approximate surface area is 175 Å². The molecule has 0 saturated heterocycles. The van der Waals surface area contributed by atoms with Crippen molar-refractivity contribution in [3.8, 4) is 28.7 Å². The number of rotatable bonds is 4. The quantitative estimate of drug-likeness (QED) is 0.408. The van der Waals surface area contributed by atoms with E-state index >= 15 is 0 Å². The van der Waals surface area contributed by atoms with E-state index in [4.69, 9.17) is 4.52 Å². The van der Waals surface area contributed by atoms with Crippen molar-refractivity contribution in [2.24, 2.45) is 0 Å². The van der Waals surface area contributed by atoms with Crippen LogP contribution in [0, 0.1) is 0 Å². The molecule has 30 heavy (non-hydrogen) atoms. The molecule has 7 nitrogen and oxygen atoms in total. The zero-order valence-electron chi connectivity index (χ0n) is 15.9. The highest BCUT2D eigenvalue weighted by atomic mass is 32.2. The van der Waals surface area contributed by atoms with Crippen LogP contribution in [0.2, 0.25) is 0 Å². The molecule has 0 atom stereocenters. The average molecular weight is 413 g/mol. The fraction of sp³-hybridized carbons (Fsp3) is 0.0455. The molecule has 0 fully saturated rings.